The molecule has 1 aromatic heterocycles. The standard InChI is InChI=1S/C27H30F3N5O5/c28-27(29,30)21-3-1-20(2-4-21)18-38-16-15-32-11-13-33(14-12-32)22-5-7-23(8-6-22)39-19-24-9-10-34-17-25(35(36)37)31-26(34)40-24/h1-8,17,24H,9-16,18-19H2. The average Bonchev–Trinajstić information content (AvgIpc) is 3.39. The van der Waals surface area contributed by atoms with Gasteiger partial charge in [0.25, 0.3) is 0 Å². The van der Waals surface area contributed by atoms with Crippen LogP contribution in [-0.4, -0.2) is 71.4 Å². The summed E-state index contributed by atoms with van der Waals surface area (Å²) in [5, 5.41) is 10.9. The van der Waals surface area contributed by atoms with E-state index in [0.717, 1.165) is 61.9 Å². The number of aromatic nitrogens is 2. The Kier molecular flexibility index (Phi) is 8.40. The molecule has 3 heterocycles. The number of nitrogens with zero attached hydrogens (tertiary/aromatic N) is 5. The van der Waals surface area contributed by atoms with E-state index in [2.05, 4.69) is 14.8 Å². The molecule has 10 nitrogen and oxygen atoms in total. The van der Waals surface area contributed by atoms with Crippen molar-refractivity contribution >= 4 is 11.5 Å². The van der Waals surface area contributed by atoms with Crippen LogP contribution in [0.4, 0.5) is 24.7 Å². The Bertz CT molecular complexity index is 1280. The van der Waals surface area contributed by atoms with Crippen LogP contribution >= 0.6 is 0 Å². The van der Waals surface area contributed by atoms with Gasteiger partial charge in [-0.1, -0.05) is 12.1 Å². The zero-order chi connectivity index (χ0) is 28.1. The van der Waals surface area contributed by atoms with E-state index in [4.69, 9.17) is 14.2 Å². The fourth-order valence-corrected chi connectivity index (χ4v) is 4.68. The van der Waals surface area contributed by atoms with Crippen LogP contribution in [0.15, 0.2) is 54.7 Å². The third kappa shape index (κ3) is 7.02. The zero-order valence-corrected chi connectivity index (χ0v) is 21.8. The molecule has 0 N–H and O–H groups in total. The monoisotopic (exact) mass is 561 g/mol. The lowest BCUT2D eigenvalue weighted by molar-refractivity contribution is -0.389. The SMILES string of the molecule is O=[N+]([O-])c1cn2c(n1)OC(COc1ccc(N3CCN(CCOCc4ccc(C(F)(F)F)cc4)CC3)cc1)CC2. The van der Waals surface area contributed by atoms with Crippen molar-refractivity contribution in [2.75, 3.05) is 50.8 Å². The number of rotatable bonds is 10. The molecule has 5 rings (SSSR count). The van der Waals surface area contributed by atoms with E-state index >= 15 is 0 Å². The van der Waals surface area contributed by atoms with Crippen LogP contribution in [0.5, 0.6) is 11.8 Å². The minimum Gasteiger partial charge on any atom is -0.490 e. The average molecular weight is 562 g/mol. The molecule has 1 saturated heterocycles. The van der Waals surface area contributed by atoms with Crippen molar-refractivity contribution < 1.29 is 32.3 Å². The third-order valence-corrected chi connectivity index (χ3v) is 6.99. The van der Waals surface area contributed by atoms with Crippen molar-refractivity contribution in [2.24, 2.45) is 0 Å². The molecule has 3 aromatic rings. The maximum absolute atomic E-state index is 12.7. The molecule has 1 fully saturated rings. The summed E-state index contributed by atoms with van der Waals surface area (Å²) >= 11 is 0. The molecule has 0 saturated carbocycles. The Morgan fingerprint density at radius 3 is 2.42 bits per heavy atom. The number of anilines is 1. The third-order valence-electron chi connectivity index (χ3n) is 6.99. The zero-order valence-electron chi connectivity index (χ0n) is 21.8. The van der Waals surface area contributed by atoms with Crippen LogP contribution in [0.25, 0.3) is 0 Å². The fraction of sp³-hybridized carbons (Fsp3) is 0.444. The molecule has 13 heteroatoms. The van der Waals surface area contributed by atoms with Gasteiger partial charge >= 0.3 is 18.0 Å². The van der Waals surface area contributed by atoms with Crippen LogP contribution in [0.1, 0.15) is 17.5 Å². The lowest BCUT2D eigenvalue weighted by Crippen LogP contribution is -2.47. The van der Waals surface area contributed by atoms with Crippen molar-refractivity contribution in [1.29, 1.82) is 0 Å². The number of aryl methyl sites for hydroxylation is 1. The van der Waals surface area contributed by atoms with E-state index < -0.39 is 16.7 Å². The van der Waals surface area contributed by atoms with Gasteiger partial charge in [-0.2, -0.15) is 13.2 Å². The molecular weight excluding hydrogens is 531 g/mol. The summed E-state index contributed by atoms with van der Waals surface area (Å²) in [6, 6.07) is 13.2. The number of halogens is 3. The second kappa shape index (κ2) is 12.1. The van der Waals surface area contributed by atoms with E-state index in [1.807, 2.05) is 24.3 Å². The maximum Gasteiger partial charge on any atom is 0.416 e. The van der Waals surface area contributed by atoms with Crippen LogP contribution in [0, 0.1) is 10.1 Å². The highest BCUT2D eigenvalue weighted by Gasteiger charge is 2.30. The Morgan fingerprint density at radius 2 is 1.75 bits per heavy atom. The summed E-state index contributed by atoms with van der Waals surface area (Å²) in [7, 11) is 0. The molecule has 0 bridgehead atoms. The summed E-state index contributed by atoms with van der Waals surface area (Å²) in [6.45, 7) is 5.96. The second-order valence-corrected chi connectivity index (χ2v) is 9.74. The largest absolute Gasteiger partial charge is 0.490 e. The number of alkyl halides is 3. The van der Waals surface area contributed by atoms with Crippen LogP contribution in [-0.2, 0) is 24.1 Å². The summed E-state index contributed by atoms with van der Waals surface area (Å²) in [5.74, 6) is 0.495. The maximum atomic E-state index is 12.7. The molecule has 0 aliphatic carbocycles. The van der Waals surface area contributed by atoms with Gasteiger partial charge in [-0.05, 0) is 46.9 Å². The first-order valence-electron chi connectivity index (χ1n) is 13.1. The number of fused-ring (bicyclic) bond motifs is 1. The van der Waals surface area contributed by atoms with E-state index in [-0.39, 0.29) is 24.5 Å². The normalized spacial score (nSPS) is 17.8. The van der Waals surface area contributed by atoms with Gasteiger partial charge in [0.15, 0.2) is 0 Å². The van der Waals surface area contributed by atoms with Crippen molar-refractivity contribution in [2.45, 2.75) is 31.9 Å². The summed E-state index contributed by atoms with van der Waals surface area (Å²) in [4.78, 5) is 18.9. The molecule has 214 valence electrons. The van der Waals surface area contributed by atoms with E-state index in [1.54, 1.807) is 4.57 Å². The van der Waals surface area contributed by atoms with Crippen molar-refractivity contribution in [1.82, 2.24) is 14.5 Å². The highest BCUT2D eigenvalue weighted by Crippen LogP contribution is 2.29. The quantitative estimate of drug-likeness (QED) is 0.205. The number of ether oxygens (including phenoxy) is 3. The first kappa shape index (κ1) is 27.7. The first-order valence-corrected chi connectivity index (χ1v) is 13.1. The topological polar surface area (TPSA) is 95.1 Å². The molecule has 2 aromatic carbocycles. The van der Waals surface area contributed by atoms with Crippen LogP contribution in [0.2, 0.25) is 0 Å². The number of hydrogen-bond acceptors (Lipinski definition) is 8. The Balaban J connectivity index is 0.992. The molecule has 0 amide bonds. The summed E-state index contributed by atoms with van der Waals surface area (Å²) in [6.07, 6.45) is -2.51. The van der Waals surface area contributed by atoms with Crippen molar-refractivity contribution in [3.05, 3.63) is 76.0 Å². The van der Waals surface area contributed by atoms with Gasteiger partial charge in [-0.15, -0.1) is 0 Å². The second-order valence-electron chi connectivity index (χ2n) is 9.74. The Morgan fingerprint density at radius 1 is 1.02 bits per heavy atom. The van der Waals surface area contributed by atoms with Crippen LogP contribution in [0.3, 0.4) is 0 Å². The molecule has 1 atom stereocenters. The predicted molar refractivity (Wildman–Crippen MR) is 140 cm³/mol. The molecule has 2 aliphatic rings. The number of piperazine rings is 1. The highest BCUT2D eigenvalue weighted by atomic mass is 19.4. The van der Waals surface area contributed by atoms with E-state index in [9.17, 15) is 23.3 Å². The molecule has 40 heavy (non-hydrogen) atoms. The molecule has 1 unspecified atom stereocenters. The number of nitro groups is 1. The van der Waals surface area contributed by atoms with Crippen molar-refractivity contribution in [3.63, 3.8) is 0 Å². The Hall–Kier alpha value is -3.84. The number of hydrogen-bond donors (Lipinski definition) is 0. The lowest BCUT2D eigenvalue weighted by atomic mass is 10.1. The fourth-order valence-electron chi connectivity index (χ4n) is 4.68. The molecular formula is C27H30F3N5O5. The summed E-state index contributed by atoms with van der Waals surface area (Å²) < 4.78 is 57.0. The molecule has 2 aliphatic heterocycles. The van der Waals surface area contributed by atoms with Gasteiger partial charge < -0.3 is 29.2 Å². The van der Waals surface area contributed by atoms with Crippen LogP contribution < -0.4 is 14.4 Å². The number of benzene rings is 2. The number of imidazole rings is 1. The molecule has 0 radical (unpaired) electrons. The minimum atomic E-state index is -4.33. The predicted octanol–water partition coefficient (Wildman–Crippen LogP) is 4.38. The Labute approximate surface area is 229 Å². The minimum absolute atomic E-state index is 0.224. The summed E-state index contributed by atoms with van der Waals surface area (Å²) in [5.41, 5.74) is 1.17. The van der Waals surface area contributed by atoms with Gasteiger partial charge in [0.1, 0.15) is 24.7 Å². The van der Waals surface area contributed by atoms with Gasteiger partial charge in [-0.3, -0.25) is 9.47 Å². The van der Waals surface area contributed by atoms with E-state index in [1.165, 1.54) is 18.3 Å². The van der Waals surface area contributed by atoms with Gasteiger partial charge in [0.2, 0.25) is 0 Å². The first-order chi connectivity index (χ1) is 19.2. The smallest absolute Gasteiger partial charge is 0.416 e. The highest BCUT2D eigenvalue weighted by molar-refractivity contribution is 5.49. The van der Waals surface area contributed by atoms with E-state index in [0.29, 0.717) is 26.2 Å². The van der Waals surface area contributed by atoms with Crippen molar-refractivity contribution in [3.8, 4) is 11.8 Å². The van der Waals surface area contributed by atoms with Gasteiger partial charge in [0, 0.05) is 56.4 Å². The molecule has 0 spiro atoms. The lowest BCUT2D eigenvalue weighted by Gasteiger charge is -2.36. The van der Waals surface area contributed by atoms with Gasteiger partial charge in [-0.25, -0.2) is 0 Å². The van der Waals surface area contributed by atoms with Gasteiger partial charge in [0.05, 0.1) is 18.8 Å².